The molecular weight excluding hydrogens is 461 g/mol. The molecule has 0 radical (unpaired) electrons. The van der Waals surface area contributed by atoms with Gasteiger partial charge in [-0.1, -0.05) is 53.2 Å². The number of nitrogens with one attached hydrogen (secondary N) is 2. The van der Waals surface area contributed by atoms with Crippen LogP contribution in [0.5, 0.6) is 0 Å². The van der Waals surface area contributed by atoms with Crippen LogP contribution in [0.2, 0.25) is 5.02 Å². The average Bonchev–Trinajstić information content (AvgIpc) is 3.43. The Morgan fingerprint density at radius 1 is 1.18 bits per heavy atom. The summed E-state index contributed by atoms with van der Waals surface area (Å²) in [5.74, 6) is -0.488. The second kappa shape index (κ2) is 10.7. The van der Waals surface area contributed by atoms with Crippen molar-refractivity contribution in [2.24, 2.45) is 5.92 Å². The fourth-order valence-corrected chi connectivity index (χ4v) is 4.44. The highest BCUT2D eigenvalue weighted by Crippen LogP contribution is 2.34. The van der Waals surface area contributed by atoms with Crippen LogP contribution in [0.1, 0.15) is 40.9 Å². The second-order valence-electron chi connectivity index (χ2n) is 8.35. The first kappa shape index (κ1) is 23.8. The molecule has 2 aromatic carbocycles. The van der Waals surface area contributed by atoms with Gasteiger partial charge < -0.3 is 19.9 Å². The number of halogens is 2. The zero-order valence-electron chi connectivity index (χ0n) is 18.6. The summed E-state index contributed by atoms with van der Waals surface area (Å²) in [6.07, 6.45) is 1.84. The monoisotopic (exact) mass is 485 g/mol. The lowest BCUT2D eigenvalue weighted by molar-refractivity contribution is 0.0935. The van der Waals surface area contributed by atoms with Crippen LogP contribution in [0.25, 0.3) is 11.3 Å². The summed E-state index contributed by atoms with van der Waals surface area (Å²) >= 11 is 6.16. The zero-order chi connectivity index (χ0) is 24.1. The number of carbonyl (C=O) groups excluding carboxylic acids is 2. The van der Waals surface area contributed by atoms with Crippen LogP contribution in [-0.2, 0) is 11.3 Å². The topological polar surface area (TPSA) is 93.5 Å². The molecule has 2 amide bonds. The lowest BCUT2D eigenvalue weighted by atomic mass is 10.0. The zero-order valence-corrected chi connectivity index (χ0v) is 19.4. The summed E-state index contributed by atoms with van der Waals surface area (Å²) < 4.78 is 24.8. The Labute approximate surface area is 201 Å². The Balaban J connectivity index is 1.30. The number of hydrogen-bond donors (Lipinski definition) is 2. The van der Waals surface area contributed by atoms with Gasteiger partial charge in [0.2, 0.25) is 0 Å². The summed E-state index contributed by atoms with van der Waals surface area (Å²) in [5.41, 5.74) is 1.20. The maximum absolute atomic E-state index is 14.4. The molecule has 1 aliphatic rings. The molecule has 1 fully saturated rings. The van der Waals surface area contributed by atoms with Crippen LogP contribution in [0.3, 0.4) is 0 Å². The van der Waals surface area contributed by atoms with E-state index in [4.69, 9.17) is 20.9 Å². The highest BCUT2D eigenvalue weighted by atomic mass is 35.5. The lowest BCUT2D eigenvalue weighted by Crippen LogP contribution is -2.34. The van der Waals surface area contributed by atoms with Crippen LogP contribution in [0, 0.1) is 18.7 Å². The molecular formula is C25H25ClFN3O4. The maximum Gasteiger partial charge on any atom is 0.407 e. The molecule has 0 bridgehead atoms. The molecule has 7 nitrogen and oxygen atoms in total. The molecule has 3 aromatic rings. The van der Waals surface area contributed by atoms with Gasteiger partial charge in [-0.2, -0.15) is 0 Å². The Kier molecular flexibility index (Phi) is 7.47. The Morgan fingerprint density at radius 3 is 2.74 bits per heavy atom. The van der Waals surface area contributed by atoms with Gasteiger partial charge in [0.1, 0.15) is 29.4 Å². The van der Waals surface area contributed by atoms with Crippen molar-refractivity contribution in [3.8, 4) is 11.3 Å². The van der Waals surface area contributed by atoms with Crippen LogP contribution < -0.4 is 10.6 Å². The molecule has 1 heterocycles. The highest BCUT2D eigenvalue weighted by molar-refractivity contribution is 6.33. The van der Waals surface area contributed by atoms with E-state index < -0.39 is 17.8 Å². The number of hydrogen-bond acceptors (Lipinski definition) is 5. The van der Waals surface area contributed by atoms with Gasteiger partial charge >= 0.3 is 6.09 Å². The van der Waals surface area contributed by atoms with E-state index in [1.165, 1.54) is 18.2 Å². The number of rotatable bonds is 7. The van der Waals surface area contributed by atoms with Crippen LogP contribution in [0.15, 0.2) is 53.1 Å². The van der Waals surface area contributed by atoms with Gasteiger partial charge in [0.15, 0.2) is 0 Å². The minimum absolute atomic E-state index is 0.0358. The first-order chi connectivity index (χ1) is 16.4. The minimum Gasteiger partial charge on any atom is -0.445 e. The third-order valence-corrected chi connectivity index (χ3v) is 6.23. The maximum atomic E-state index is 14.4. The molecule has 0 unspecified atom stereocenters. The molecule has 1 aromatic heterocycles. The Bertz CT molecular complexity index is 1150. The van der Waals surface area contributed by atoms with Crippen molar-refractivity contribution in [3.05, 3.63) is 76.3 Å². The largest absolute Gasteiger partial charge is 0.445 e. The number of ether oxygens (including phenoxy) is 1. The summed E-state index contributed by atoms with van der Waals surface area (Å²) in [4.78, 5) is 25.0. The van der Waals surface area contributed by atoms with Gasteiger partial charge in [-0.15, -0.1) is 0 Å². The molecule has 2 N–H and O–H groups in total. The van der Waals surface area contributed by atoms with E-state index in [1.54, 1.807) is 6.92 Å². The Morgan fingerprint density at radius 2 is 1.97 bits per heavy atom. The Hall–Kier alpha value is -3.39. The lowest BCUT2D eigenvalue weighted by Gasteiger charge is -2.14. The third kappa shape index (κ3) is 5.56. The van der Waals surface area contributed by atoms with E-state index in [9.17, 15) is 14.0 Å². The van der Waals surface area contributed by atoms with Crippen LogP contribution >= 0.6 is 11.6 Å². The molecule has 0 spiro atoms. The standard InChI is InChI=1S/C25H25ClFN3O4/c1-15-21(23(30-34-15)22-19(26)8-5-9-20(22)27)24(31)29-18-11-10-17(12-18)13-28-25(32)33-14-16-6-3-2-4-7-16/h2-9,17-18H,10-14H2,1H3,(H,28,32)(H,29,31)/t17-,18+/m0/s1. The average molecular weight is 486 g/mol. The van der Waals surface area contributed by atoms with Crippen molar-refractivity contribution in [3.63, 3.8) is 0 Å². The van der Waals surface area contributed by atoms with Crippen molar-refractivity contribution in [1.82, 2.24) is 15.8 Å². The molecule has 1 saturated carbocycles. The van der Waals surface area contributed by atoms with Gasteiger partial charge in [0.25, 0.3) is 5.91 Å². The number of alkyl carbamates (subject to hydrolysis) is 1. The predicted molar refractivity (Wildman–Crippen MR) is 125 cm³/mol. The van der Waals surface area contributed by atoms with Crippen LogP contribution in [-0.4, -0.2) is 29.7 Å². The van der Waals surface area contributed by atoms with Crippen molar-refractivity contribution >= 4 is 23.6 Å². The fourth-order valence-electron chi connectivity index (χ4n) is 4.19. The molecule has 178 valence electrons. The van der Waals surface area contributed by atoms with Crippen molar-refractivity contribution in [1.29, 1.82) is 0 Å². The van der Waals surface area contributed by atoms with Gasteiger partial charge in [0, 0.05) is 12.6 Å². The SMILES string of the molecule is Cc1onc(-c2c(F)cccc2Cl)c1C(=O)N[C@@H]1CC[C@H](CNC(=O)OCc2ccccc2)C1. The van der Waals surface area contributed by atoms with Gasteiger partial charge in [-0.3, -0.25) is 4.79 Å². The van der Waals surface area contributed by atoms with E-state index in [-0.39, 0.29) is 46.2 Å². The van der Waals surface area contributed by atoms with E-state index in [1.807, 2.05) is 30.3 Å². The number of nitrogens with zero attached hydrogens (tertiary/aromatic N) is 1. The van der Waals surface area contributed by atoms with Crippen molar-refractivity contribution in [2.45, 2.75) is 38.8 Å². The normalized spacial score (nSPS) is 17.4. The van der Waals surface area contributed by atoms with E-state index in [2.05, 4.69) is 15.8 Å². The molecule has 34 heavy (non-hydrogen) atoms. The summed E-state index contributed by atoms with van der Waals surface area (Å²) in [6, 6.07) is 13.6. The third-order valence-electron chi connectivity index (χ3n) is 5.91. The number of benzene rings is 2. The molecule has 1 aliphatic carbocycles. The first-order valence-corrected chi connectivity index (χ1v) is 11.5. The second-order valence-corrected chi connectivity index (χ2v) is 8.76. The number of aromatic nitrogens is 1. The number of aryl methyl sites for hydroxylation is 1. The number of amides is 2. The summed E-state index contributed by atoms with van der Waals surface area (Å²) in [7, 11) is 0. The molecule has 0 saturated heterocycles. The molecule has 2 atom stereocenters. The van der Waals surface area contributed by atoms with Gasteiger partial charge in [-0.25, -0.2) is 9.18 Å². The molecule has 0 aliphatic heterocycles. The van der Waals surface area contributed by atoms with Crippen molar-refractivity contribution < 1.29 is 23.2 Å². The highest BCUT2D eigenvalue weighted by Gasteiger charge is 2.30. The van der Waals surface area contributed by atoms with Gasteiger partial charge in [-0.05, 0) is 49.8 Å². The first-order valence-electron chi connectivity index (χ1n) is 11.1. The molecule has 9 heteroatoms. The number of carbonyl (C=O) groups is 2. The van der Waals surface area contributed by atoms with Gasteiger partial charge in [0.05, 0.1) is 10.6 Å². The summed E-state index contributed by atoms with van der Waals surface area (Å²) in [6.45, 7) is 2.27. The predicted octanol–water partition coefficient (Wildman–Crippen LogP) is 5.27. The quantitative estimate of drug-likeness (QED) is 0.475. The summed E-state index contributed by atoms with van der Waals surface area (Å²) in [5, 5.41) is 9.81. The van der Waals surface area contributed by atoms with E-state index >= 15 is 0 Å². The van der Waals surface area contributed by atoms with Crippen molar-refractivity contribution in [2.75, 3.05) is 6.54 Å². The molecule has 4 rings (SSSR count). The minimum atomic E-state index is -0.582. The van der Waals surface area contributed by atoms with Crippen LogP contribution in [0.4, 0.5) is 9.18 Å². The van der Waals surface area contributed by atoms with E-state index in [0.717, 1.165) is 18.4 Å². The fraction of sp³-hybridized carbons (Fsp3) is 0.320. The van der Waals surface area contributed by atoms with E-state index in [0.29, 0.717) is 13.0 Å². The smallest absolute Gasteiger partial charge is 0.407 e.